The second kappa shape index (κ2) is 13.0. The molecule has 0 saturated carbocycles. The minimum atomic E-state index is -0.375. The van der Waals surface area contributed by atoms with Crippen molar-refractivity contribution in [3.63, 3.8) is 0 Å². The average Bonchev–Trinajstić information content (AvgIpc) is 3.59. The molecule has 2 aliphatic heterocycles. The maximum absolute atomic E-state index is 12.5. The van der Waals surface area contributed by atoms with Crippen LogP contribution in [0.15, 0.2) is 35.3 Å². The number of rotatable bonds is 11. The van der Waals surface area contributed by atoms with Crippen molar-refractivity contribution in [3.8, 4) is 17.1 Å². The van der Waals surface area contributed by atoms with Gasteiger partial charge in [-0.05, 0) is 50.3 Å². The van der Waals surface area contributed by atoms with Crippen LogP contribution in [0.4, 0.5) is 0 Å². The SMILES string of the molecule is CC[C@H](NCCOc1ccc2c(c1)nc(-c1cc(C)c(=O)n(C)c1)n2CC1CCOCC1)C(=O)O[C@H]1CCOC1. The fraction of sp³-hybridized carbons (Fsp3) is 0.567. The minimum absolute atomic E-state index is 0.00809. The Bertz CT molecular complexity index is 1340. The largest absolute Gasteiger partial charge is 0.492 e. The Morgan fingerprint density at radius 2 is 1.98 bits per heavy atom. The molecule has 2 fully saturated rings. The smallest absolute Gasteiger partial charge is 0.323 e. The number of aryl methyl sites for hydroxylation is 2. The van der Waals surface area contributed by atoms with Crippen LogP contribution in [0.5, 0.6) is 5.75 Å². The number of ether oxygens (including phenoxy) is 4. The minimum Gasteiger partial charge on any atom is -0.492 e. The average molecular weight is 553 g/mol. The third-order valence-corrected chi connectivity index (χ3v) is 7.75. The summed E-state index contributed by atoms with van der Waals surface area (Å²) in [6.45, 7) is 8.21. The number of hydrogen-bond acceptors (Lipinski definition) is 8. The number of hydrogen-bond donors (Lipinski definition) is 1. The number of esters is 1. The van der Waals surface area contributed by atoms with Gasteiger partial charge in [0, 0.05) is 63.2 Å². The summed E-state index contributed by atoms with van der Waals surface area (Å²) in [6, 6.07) is 7.52. The van der Waals surface area contributed by atoms with E-state index in [1.807, 2.05) is 38.2 Å². The molecule has 4 heterocycles. The van der Waals surface area contributed by atoms with Crippen molar-refractivity contribution in [2.45, 2.75) is 58.2 Å². The molecule has 0 unspecified atom stereocenters. The first kappa shape index (κ1) is 28.3. The van der Waals surface area contributed by atoms with E-state index in [0.29, 0.717) is 50.0 Å². The highest BCUT2D eigenvalue weighted by molar-refractivity contribution is 5.82. The van der Waals surface area contributed by atoms with Crippen LogP contribution < -0.4 is 15.6 Å². The van der Waals surface area contributed by atoms with Crippen molar-refractivity contribution in [1.29, 1.82) is 0 Å². The van der Waals surface area contributed by atoms with Gasteiger partial charge in [-0.1, -0.05) is 6.92 Å². The van der Waals surface area contributed by atoms with Gasteiger partial charge in [-0.25, -0.2) is 4.98 Å². The number of nitrogens with one attached hydrogen (secondary N) is 1. The molecule has 5 rings (SSSR count). The molecule has 2 saturated heterocycles. The number of benzene rings is 1. The fourth-order valence-electron chi connectivity index (χ4n) is 5.44. The number of pyridine rings is 1. The van der Waals surface area contributed by atoms with E-state index in [4.69, 9.17) is 23.9 Å². The Kier molecular flexibility index (Phi) is 9.18. The summed E-state index contributed by atoms with van der Waals surface area (Å²) in [5.41, 5.74) is 3.46. The van der Waals surface area contributed by atoms with Gasteiger partial charge in [0.25, 0.3) is 5.56 Å². The summed E-state index contributed by atoms with van der Waals surface area (Å²) in [5.74, 6) is 1.82. The number of carbonyl (C=O) groups is 1. The van der Waals surface area contributed by atoms with Crippen molar-refractivity contribution in [3.05, 3.63) is 46.4 Å². The van der Waals surface area contributed by atoms with E-state index in [-0.39, 0.29) is 23.7 Å². The van der Waals surface area contributed by atoms with E-state index in [2.05, 4.69) is 16.0 Å². The lowest BCUT2D eigenvalue weighted by atomic mass is 10.00. The second-order valence-corrected chi connectivity index (χ2v) is 10.8. The van der Waals surface area contributed by atoms with Gasteiger partial charge in [-0.3, -0.25) is 9.59 Å². The van der Waals surface area contributed by atoms with Gasteiger partial charge in [-0.2, -0.15) is 0 Å². The van der Waals surface area contributed by atoms with E-state index >= 15 is 0 Å². The molecule has 1 N–H and O–H groups in total. The maximum Gasteiger partial charge on any atom is 0.323 e. The van der Waals surface area contributed by atoms with E-state index in [0.717, 1.165) is 61.4 Å². The molecule has 40 heavy (non-hydrogen) atoms. The fourth-order valence-corrected chi connectivity index (χ4v) is 5.44. The van der Waals surface area contributed by atoms with Crippen LogP contribution in [-0.4, -0.2) is 71.8 Å². The highest BCUT2D eigenvalue weighted by Gasteiger charge is 2.25. The zero-order valence-corrected chi connectivity index (χ0v) is 23.7. The van der Waals surface area contributed by atoms with Crippen LogP contribution in [0.2, 0.25) is 0 Å². The normalized spacial score (nSPS) is 18.7. The van der Waals surface area contributed by atoms with Crippen molar-refractivity contribution in [2.75, 3.05) is 39.6 Å². The number of carbonyl (C=O) groups excluding carboxylic acids is 1. The summed E-state index contributed by atoms with van der Waals surface area (Å²) in [6.07, 6.45) is 5.13. The summed E-state index contributed by atoms with van der Waals surface area (Å²) < 4.78 is 26.3. The van der Waals surface area contributed by atoms with Crippen LogP contribution >= 0.6 is 0 Å². The number of nitrogens with zero attached hydrogens (tertiary/aromatic N) is 3. The quantitative estimate of drug-likeness (QED) is 0.286. The molecule has 2 atom stereocenters. The predicted molar refractivity (Wildman–Crippen MR) is 152 cm³/mol. The van der Waals surface area contributed by atoms with Gasteiger partial charge in [0.2, 0.25) is 0 Å². The number of fused-ring (bicyclic) bond motifs is 1. The topological polar surface area (TPSA) is 106 Å². The van der Waals surface area contributed by atoms with Crippen molar-refractivity contribution < 1.29 is 23.7 Å². The lowest BCUT2D eigenvalue weighted by Crippen LogP contribution is -2.41. The van der Waals surface area contributed by atoms with E-state index in [9.17, 15) is 9.59 Å². The maximum atomic E-state index is 12.5. The molecule has 1 aromatic carbocycles. The highest BCUT2D eigenvalue weighted by atomic mass is 16.6. The molecule has 216 valence electrons. The molecule has 2 aliphatic rings. The molecule has 0 radical (unpaired) electrons. The lowest BCUT2D eigenvalue weighted by molar-refractivity contribution is -0.151. The third-order valence-electron chi connectivity index (χ3n) is 7.75. The highest BCUT2D eigenvalue weighted by Crippen LogP contribution is 2.30. The Hall–Kier alpha value is -3.21. The summed E-state index contributed by atoms with van der Waals surface area (Å²) in [4.78, 5) is 29.8. The molecule has 0 bridgehead atoms. The summed E-state index contributed by atoms with van der Waals surface area (Å²) >= 11 is 0. The number of aromatic nitrogens is 3. The van der Waals surface area contributed by atoms with E-state index < -0.39 is 0 Å². The summed E-state index contributed by atoms with van der Waals surface area (Å²) in [7, 11) is 1.77. The molecule has 0 aliphatic carbocycles. The van der Waals surface area contributed by atoms with E-state index in [1.54, 1.807) is 11.6 Å². The molecule has 2 aromatic heterocycles. The molecule has 10 nitrogen and oxygen atoms in total. The monoisotopic (exact) mass is 552 g/mol. The van der Waals surface area contributed by atoms with Gasteiger partial charge in [0.05, 0.1) is 24.2 Å². The van der Waals surface area contributed by atoms with Gasteiger partial charge in [-0.15, -0.1) is 0 Å². The molecule has 0 spiro atoms. The predicted octanol–water partition coefficient (Wildman–Crippen LogP) is 3.22. The standard InChI is InChI=1S/C30H40N4O6/c1-4-25(30(36)40-24-9-13-38-19-24)31-10-14-39-23-5-6-27-26(16-23)32-28(22-15-20(2)29(35)33(3)18-22)34(27)17-21-7-11-37-12-8-21/h5-6,15-16,18,21,24-25,31H,4,7-14,17,19H2,1-3H3/t24-,25-/m0/s1. The molecular formula is C30H40N4O6. The molecule has 3 aromatic rings. The molecule has 0 amide bonds. The Morgan fingerprint density at radius 1 is 1.18 bits per heavy atom. The Morgan fingerprint density at radius 3 is 2.70 bits per heavy atom. The van der Waals surface area contributed by atoms with Gasteiger partial charge < -0.3 is 33.4 Å². The van der Waals surface area contributed by atoms with Crippen molar-refractivity contribution in [2.24, 2.45) is 13.0 Å². The van der Waals surface area contributed by atoms with Gasteiger partial charge in [0.1, 0.15) is 30.3 Å². The zero-order valence-electron chi connectivity index (χ0n) is 23.7. The first-order chi connectivity index (χ1) is 19.4. The van der Waals surface area contributed by atoms with Crippen LogP contribution in [0.1, 0.15) is 38.2 Å². The Labute approximate surface area is 234 Å². The van der Waals surface area contributed by atoms with E-state index in [1.165, 1.54) is 0 Å². The molecular weight excluding hydrogens is 512 g/mol. The summed E-state index contributed by atoms with van der Waals surface area (Å²) in [5, 5.41) is 3.25. The van der Waals surface area contributed by atoms with Gasteiger partial charge in [0.15, 0.2) is 0 Å². The zero-order chi connectivity index (χ0) is 28.1. The van der Waals surface area contributed by atoms with Crippen LogP contribution in [0.25, 0.3) is 22.4 Å². The number of imidazole rings is 1. The third kappa shape index (κ3) is 6.56. The second-order valence-electron chi connectivity index (χ2n) is 10.8. The van der Waals surface area contributed by atoms with Crippen molar-refractivity contribution in [1.82, 2.24) is 19.4 Å². The first-order valence-electron chi connectivity index (χ1n) is 14.3. The molecule has 10 heteroatoms. The van der Waals surface area contributed by atoms with Crippen LogP contribution in [-0.2, 0) is 32.6 Å². The van der Waals surface area contributed by atoms with Crippen LogP contribution in [0, 0.1) is 12.8 Å². The Balaban J connectivity index is 1.29. The van der Waals surface area contributed by atoms with Crippen LogP contribution in [0.3, 0.4) is 0 Å². The van der Waals surface area contributed by atoms with Gasteiger partial charge >= 0.3 is 5.97 Å². The lowest BCUT2D eigenvalue weighted by Gasteiger charge is -2.23. The van der Waals surface area contributed by atoms with Crippen molar-refractivity contribution >= 4 is 17.0 Å². The first-order valence-corrected chi connectivity index (χ1v) is 14.3.